The molecule has 0 aliphatic heterocycles. The van der Waals surface area contributed by atoms with E-state index in [-0.39, 0.29) is 12.3 Å². The fourth-order valence-corrected chi connectivity index (χ4v) is 1.64. The van der Waals surface area contributed by atoms with E-state index in [4.69, 9.17) is 5.11 Å². The topological polar surface area (TPSA) is 98.3 Å². The quantitative estimate of drug-likeness (QED) is 0.655. The van der Waals surface area contributed by atoms with Crippen molar-refractivity contribution in [3.63, 3.8) is 0 Å². The summed E-state index contributed by atoms with van der Waals surface area (Å²) in [5.74, 6) is 0. The highest BCUT2D eigenvalue weighted by molar-refractivity contribution is 5.40. The zero-order valence-corrected chi connectivity index (χ0v) is 10.1. The summed E-state index contributed by atoms with van der Waals surface area (Å²) in [6.45, 7) is 1.42. The number of nitro groups is 1. The lowest BCUT2D eigenvalue weighted by atomic mass is 10.2. The summed E-state index contributed by atoms with van der Waals surface area (Å²) in [7, 11) is 0. The molecule has 0 unspecified atom stereocenters. The molecule has 0 bridgehead atoms. The fourth-order valence-electron chi connectivity index (χ4n) is 1.64. The van der Waals surface area contributed by atoms with Crippen molar-refractivity contribution in [3.05, 3.63) is 62.1 Å². The lowest BCUT2D eigenvalue weighted by Gasteiger charge is -2.07. The minimum absolute atomic E-state index is 0.0551. The predicted octanol–water partition coefficient (Wildman–Crippen LogP) is 0.941. The van der Waals surface area contributed by atoms with E-state index in [0.29, 0.717) is 16.9 Å². The maximum Gasteiger partial charge on any atom is 0.271 e. The van der Waals surface area contributed by atoms with E-state index >= 15 is 0 Å². The second kappa shape index (κ2) is 4.99. The summed E-state index contributed by atoms with van der Waals surface area (Å²) in [4.78, 5) is 21.9. The van der Waals surface area contributed by atoms with Gasteiger partial charge in [-0.2, -0.15) is 9.78 Å². The average molecular weight is 261 g/mol. The maximum atomic E-state index is 11.8. The van der Waals surface area contributed by atoms with Crippen molar-refractivity contribution in [3.8, 4) is 5.69 Å². The van der Waals surface area contributed by atoms with Crippen LogP contribution in [0.1, 0.15) is 11.3 Å². The van der Waals surface area contributed by atoms with E-state index in [9.17, 15) is 14.9 Å². The molecule has 0 saturated heterocycles. The molecule has 1 heterocycles. The Bertz CT molecular complexity index is 676. The minimum atomic E-state index is -0.514. The van der Waals surface area contributed by atoms with Crippen molar-refractivity contribution in [2.24, 2.45) is 0 Å². The first-order chi connectivity index (χ1) is 9.02. The second-order valence-electron chi connectivity index (χ2n) is 3.94. The van der Waals surface area contributed by atoms with Gasteiger partial charge in [0, 0.05) is 23.8 Å². The molecule has 0 saturated carbocycles. The molecule has 1 aromatic carbocycles. The number of aliphatic hydroxyl groups is 1. The Morgan fingerprint density at radius 1 is 1.37 bits per heavy atom. The van der Waals surface area contributed by atoms with Gasteiger partial charge in [0.05, 0.1) is 22.9 Å². The smallest absolute Gasteiger partial charge is 0.271 e. The molecule has 98 valence electrons. The number of aryl methyl sites for hydroxylation is 1. The van der Waals surface area contributed by atoms with Crippen molar-refractivity contribution in [1.82, 2.24) is 9.78 Å². The van der Waals surface area contributed by atoms with E-state index < -0.39 is 10.5 Å². The van der Waals surface area contributed by atoms with Gasteiger partial charge in [-0.15, -0.1) is 0 Å². The van der Waals surface area contributed by atoms with Gasteiger partial charge in [-0.05, 0) is 19.1 Å². The van der Waals surface area contributed by atoms with Gasteiger partial charge in [0.1, 0.15) is 0 Å². The number of hydrogen-bond donors (Lipinski definition) is 1. The van der Waals surface area contributed by atoms with Crippen LogP contribution >= 0.6 is 0 Å². The highest BCUT2D eigenvalue weighted by Gasteiger charge is 2.09. The molecule has 0 amide bonds. The van der Waals surface area contributed by atoms with Gasteiger partial charge in [0.25, 0.3) is 11.2 Å². The lowest BCUT2D eigenvalue weighted by Crippen LogP contribution is -2.22. The van der Waals surface area contributed by atoms with Crippen LogP contribution in [0, 0.1) is 17.0 Å². The van der Waals surface area contributed by atoms with Crippen molar-refractivity contribution >= 4 is 5.69 Å². The van der Waals surface area contributed by atoms with E-state index in [2.05, 4.69) is 5.10 Å². The van der Waals surface area contributed by atoms with Crippen LogP contribution in [-0.4, -0.2) is 19.8 Å². The van der Waals surface area contributed by atoms with Crippen LogP contribution in [-0.2, 0) is 6.61 Å². The number of benzene rings is 1. The molecule has 2 aromatic rings. The molecule has 0 fully saturated rings. The summed E-state index contributed by atoms with van der Waals surface area (Å²) in [6.07, 6.45) is 0. The molecule has 0 spiro atoms. The molecule has 1 aromatic heterocycles. The number of rotatable bonds is 3. The first kappa shape index (κ1) is 12.9. The maximum absolute atomic E-state index is 11.8. The normalized spacial score (nSPS) is 10.4. The van der Waals surface area contributed by atoms with Crippen LogP contribution in [0.5, 0.6) is 0 Å². The van der Waals surface area contributed by atoms with E-state index in [1.165, 1.54) is 30.3 Å². The fraction of sp³-hybridized carbons (Fsp3) is 0.167. The first-order valence-corrected chi connectivity index (χ1v) is 5.48. The van der Waals surface area contributed by atoms with Crippen LogP contribution in [0.2, 0.25) is 0 Å². The summed E-state index contributed by atoms with van der Waals surface area (Å²) in [6, 6.07) is 6.80. The summed E-state index contributed by atoms with van der Waals surface area (Å²) < 4.78 is 1.14. The van der Waals surface area contributed by atoms with Crippen LogP contribution < -0.4 is 5.56 Å². The average Bonchev–Trinajstić information content (AvgIpc) is 2.41. The molecule has 19 heavy (non-hydrogen) atoms. The lowest BCUT2D eigenvalue weighted by molar-refractivity contribution is -0.384. The number of aliphatic hydroxyl groups excluding tert-OH is 1. The van der Waals surface area contributed by atoms with Gasteiger partial charge in [-0.25, -0.2) is 0 Å². The SMILES string of the molecule is Cc1nn(-c2ccc([N+](=O)[O-])cc2)c(=O)cc1CO. The van der Waals surface area contributed by atoms with Crippen molar-refractivity contribution in [1.29, 1.82) is 0 Å². The van der Waals surface area contributed by atoms with Crippen LogP contribution in [0.15, 0.2) is 35.1 Å². The number of nitro benzene ring substituents is 1. The number of hydrogen-bond acceptors (Lipinski definition) is 5. The van der Waals surface area contributed by atoms with Gasteiger partial charge >= 0.3 is 0 Å². The van der Waals surface area contributed by atoms with Gasteiger partial charge in [0.2, 0.25) is 0 Å². The summed E-state index contributed by atoms with van der Waals surface area (Å²) >= 11 is 0. The molecular weight excluding hydrogens is 250 g/mol. The highest BCUT2D eigenvalue weighted by Crippen LogP contribution is 2.13. The molecule has 0 aliphatic rings. The molecule has 0 atom stereocenters. The predicted molar refractivity (Wildman–Crippen MR) is 67.1 cm³/mol. The second-order valence-corrected chi connectivity index (χ2v) is 3.94. The van der Waals surface area contributed by atoms with Crippen LogP contribution in [0.4, 0.5) is 5.69 Å². The van der Waals surface area contributed by atoms with Crippen LogP contribution in [0.3, 0.4) is 0 Å². The van der Waals surface area contributed by atoms with Crippen LogP contribution in [0.25, 0.3) is 5.69 Å². The van der Waals surface area contributed by atoms with Crippen molar-refractivity contribution in [2.45, 2.75) is 13.5 Å². The number of aromatic nitrogens is 2. The van der Waals surface area contributed by atoms with Gasteiger partial charge < -0.3 is 5.11 Å². The molecule has 0 radical (unpaired) electrons. The third-order valence-corrected chi connectivity index (χ3v) is 2.70. The van der Waals surface area contributed by atoms with Gasteiger partial charge in [0.15, 0.2) is 0 Å². The Morgan fingerprint density at radius 2 is 2.00 bits per heavy atom. The molecule has 7 nitrogen and oxygen atoms in total. The van der Waals surface area contributed by atoms with Gasteiger partial charge in [-0.1, -0.05) is 0 Å². The zero-order valence-electron chi connectivity index (χ0n) is 10.1. The Morgan fingerprint density at radius 3 is 2.53 bits per heavy atom. The summed E-state index contributed by atoms with van der Waals surface area (Å²) in [5, 5.41) is 23.6. The number of non-ortho nitro benzene ring substituents is 1. The van der Waals surface area contributed by atoms with Gasteiger partial charge in [-0.3, -0.25) is 14.9 Å². The third-order valence-electron chi connectivity index (χ3n) is 2.70. The van der Waals surface area contributed by atoms with E-state index in [1.54, 1.807) is 6.92 Å². The van der Waals surface area contributed by atoms with E-state index in [0.717, 1.165) is 4.68 Å². The molecular formula is C12H11N3O4. The monoisotopic (exact) mass is 261 g/mol. The third kappa shape index (κ3) is 2.50. The Labute approximate surface area is 107 Å². The summed E-state index contributed by atoms with van der Waals surface area (Å²) in [5.41, 5.74) is 0.968. The van der Waals surface area contributed by atoms with Crippen molar-refractivity contribution < 1.29 is 10.0 Å². The standard InChI is InChI=1S/C12H11N3O4/c1-8-9(7-16)6-12(17)14(13-8)10-2-4-11(5-3-10)15(18)19/h2-6,16H,7H2,1H3. The molecule has 1 N–H and O–H groups in total. The first-order valence-electron chi connectivity index (χ1n) is 5.48. The number of nitrogens with zero attached hydrogens (tertiary/aromatic N) is 3. The highest BCUT2D eigenvalue weighted by atomic mass is 16.6. The Hall–Kier alpha value is -2.54. The molecule has 0 aliphatic carbocycles. The zero-order chi connectivity index (χ0) is 14.0. The Balaban J connectivity index is 2.50. The molecule has 7 heteroatoms. The van der Waals surface area contributed by atoms with E-state index in [1.807, 2.05) is 0 Å². The Kier molecular flexibility index (Phi) is 3.39. The van der Waals surface area contributed by atoms with Crippen molar-refractivity contribution in [2.75, 3.05) is 0 Å². The molecule has 2 rings (SSSR count). The minimum Gasteiger partial charge on any atom is -0.392 e. The largest absolute Gasteiger partial charge is 0.392 e.